The zero-order valence-electron chi connectivity index (χ0n) is 16.9. The van der Waals surface area contributed by atoms with Gasteiger partial charge in [0.15, 0.2) is 5.65 Å². The van der Waals surface area contributed by atoms with Gasteiger partial charge in [0.1, 0.15) is 17.0 Å². The molecule has 29 heavy (non-hydrogen) atoms. The highest BCUT2D eigenvalue weighted by molar-refractivity contribution is 6.34. The minimum absolute atomic E-state index is 0.127. The highest BCUT2D eigenvalue weighted by Gasteiger charge is 2.21. The number of rotatable bonds is 6. The number of hydrogen-bond acceptors (Lipinski definition) is 4. The number of aryl methyl sites for hydroxylation is 2. The van der Waals surface area contributed by atoms with Gasteiger partial charge in [-0.3, -0.25) is 9.36 Å². The summed E-state index contributed by atoms with van der Waals surface area (Å²) < 4.78 is 16.3. The van der Waals surface area contributed by atoms with Crippen LogP contribution in [0.15, 0.2) is 29.2 Å². The molecule has 0 N–H and O–H groups in total. The average molecular weight is 415 g/mol. The quantitative estimate of drug-likeness (QED) is 0.580. The van der Waals surface area contributed by atoms with Crippen molar-refractivity contribution < 1.29 is 4.39 Å². The van der Waals surface area contributed by atoms with Gasteiger partial charge in [-0.2, -0.15) is 0 Å². The van der Waals surface area contributed by atoms with Crippen LogP contribution in [0.4, 0.5) is 10.1 Å². The van der Waals surface area contributed by atoms with Crippen LogP contribution in [-0.2, 0) is 6.54 Å². The standard InChI is InChI=1S/C22H24ClFN4O/c1-13-22(29)28(10-4-5-14-6-7-14)21-20(26-13)15(8-9-25-21)16-11-18(24)19(27(2)3)12-17(16)23/h8-9,11-12,14H,4-7,10H2,1-3H3. The van der Waals surface area contributed by atoms with E-state index in [2.05, 4.69) is 9.97 Å². The summed E-state index contributed by atoms with van der Waals surface area (Å²) in [6, 6.07) is 4.80. The van der Waals surface area contributed by atoms with Crippen molar-refractivity contribution in [3.63, 3.8) is 0 Å². The molecule has 2 aromatic heterocycles. The number of anilines is 1. The van der Waals surface area contributed by atoms with Crippen molar-refractivity contribution in [2.45, 2.75) is 39.2 Å². The van der Waals surface area contributed by atoms with Crippen LogP contribution < -0.4 is 10.5 Å². The molecule has 1 fully saturated rings. The van der Waals surface area contributed by atoms with E-state index in [0.29, 0.717) is 45.2 Å². The largest absolute Gasteiger partial charge is 0.375 e. The first-order valence-corrected chi connectivity index (χ1v) is 10.3. The summed E-state index contributed by atoms with van der Waals surface area (Å²) >= 11 is 6.51. The molecule has 0 aliphatic heterocycles. The topological polar surface area (TPSA) is 51.0 Å². The number of fused-ring (bicyclic) bond motifs is 1. The lowest BCUT2D eigenvalue weighted by Crippen LogP contribution is -2.25. The third-order valence-corrected chi connectivity index (χ3v) is 5.81. The van der Waals surface area contributed by atoms with Gasteiger partial charge in [0.05, 0.1) is 10.7 Å². The fraction of sp³-hybridized carbons (Fsp3) is 0.409. The smallest absolute Gasteiger partial charge is 0.273 e. The summed E-state index contributed by atoms with van der Waals surface area (Å²) in [5.74, 6) is 0.439. The van der Waals surface area contributed by atoms with E-state index < -0.39 is 0 Å². The summed E-state index contributed by atoms with van der Waals surface area (Å²) in [5, 5.41) is 0.425. The van der Waals surface area contributed by atoms with Gasteiger partial charge in [-0.05, 0) is 43.9 Å². The SMILES string of the molecule is Cc1nc2c(-c3cc(F)c(N(C)C)cc3Cl)ccnc2n(CCCC2CC2)c1=O. The molecule has 1 aliphatic carbocycles. The maximum atomic E-state index is 14.6. The summed E-state index contributed by atoms with van der Waals surface area (Å²) in [7, 11) is 3.53. The van der Waals surface area contributed by atoms with Crippen molar-refractivity contribution >= 4 is 28.5 Å². The molecule has 0 saturated heterocycles. The lowest BCUT2D eigenvalue weighted by molar-refractivity contribution is 0.571. The van der Waals surface area contributed by atoms with Gasteiger partial charge in [0, 0.05) is 38.0 Å². The normalized spacial score (nSPS) is 13.8. The lowest BCUT2D eigenvalue weighted by Gasteiger charge is -2.17. The maximum absolute atomic E-state index is 14.6. The maximum Gasteiger partial charge on any atom is 0.273 e. The van der Waals surface area contributed by atoms with Crippen molar-refractivity contribution in [1.82, 2.24) is 14.5 Å². The van der Waals surface area contributed by atoms with Crippen LogP contribution in [0.5, 0.6) is 0 Å². The molecule has 0 radical (unpaired) electrons. The third-order valence-electron chi connectivity index (χ3n) is 5.49. The Hall–Kier alpha value is -2.47. The molecule has 152 valence electrons. The molecule has 0 unspecified atom stereocenters. The van der Waals surface area contributed by atoms with Crippen LogP contribution >= 0.6 is 11.6 Å². The Kier molecular flexibility index (Phi) is 5.30. The highest BCUT2D eigenvalue weighted by Crippen LogP contribution is 2.36. The highest BCUT2D eigenvalue weighted by atomic mass is 35.5. The van der Waals surface area contributed by atoms with Gasteiger partial charge in [-0.1, -0.05) is 24.4 Å². The van der Waals surface area contributed by atoms with E-state index >= 15 is 0 Å². The first-order valence-electron chi connectivity index (χ1n) is 9.89. The Morgan fingerprint density at radius 1 is 1.28 bits per heavy atom. The van der Waals surface area contributed by atoms with Gasteiger partial charge >= 0.3 is 0 Å². The summed E-state index contributed by atoms with van der Waals surface area (Å²) in [4.78, 5) is 23.4. The van der Waals surface area contributed by atoms with Crippen molar-refractivity contribution in [2.24, 2.45) is 5.92 Å². The minimum Gasteiger partial charge on any atom is -0.375 e. The van der Waals surface area contributed by atoms with Crippen molar-refractivity contribution in [3.8, 4) is 11.1 Å². The fourth-order valence-corrected chi connectivity index (χ4v) is 3.97. The van der Waals surface area contributed by atoms with Crippen molar-refractivity contribution in [1.29, 1.82) is 0 Å². The predicted octanol–water partition coefficient (Wildman–Crippen LogP) is 4.82. The van der Waals surface area contributed by atoms with Gasteiger partial charge in [0.2, 0.25) is 0 Å². The molecule has 0 amide bonds. The Morgan fingerprint density at radius 3 is 2.72 bits per heavy atom. The molecule has 1 saturated carbocycles. The van der Waals surface area contributed by atoms with Gasteiger partial charge in [-0.25, -0.2) is 14.4 Å². The molecule has 5 nitrogen and oxygen atoms in total. The fourth-order valence-electron chi connectivity index (χ4n) is 3.71. The first kappa shape index (κ1) is 19.8. The number of nitrogens with zero attached hydrogens (tertiary/aromatic N) is 4. The molecule has 0 spiro atoms. The first-order chi connectivity index (χ1) is 13.9. The van der Waals surface area contributed by atoms with Crippen LogP contribution in [0.3, 0.4) is 0 Å². The molecule has 2 heterocycles. The van der Waals surface area contributed by atoms with E-state index in [4.69, 9.17) is 11.6 Å². The van der Waals surface area contributed by atoms with E-state index in [1.54, 1.807) is 48.8 Å². The molecular weight excluding hydrogens is 391 g/mol. The zero-order chi connectivity index (χ0) is 20.7. The van der Waals surface area contributed by atoms with E-state index in [0.717, 1.165) is 18.8 Å². The number of hydrogen-bond donors (Lipinski definition) is 0. The van der Waals surface area contributed by atoms with Crippen molar-refractivity contribution in [2.75, 3.05) is 19.0 Å². The van der Waals surface area contributed by atoms with Gasteiger partial charge in [-0.15, -0.1) is 0 Å². The molecular formula is C22H24ClFN4O. The summed E-state index contributed by atoms with van der Waals surface area (Å²) in [5.41, 5.74) is 2.98. The van der Waals surface area contributed by atoms with E-state index in [1.165, 1.54) is 18.9 Å². The Bertz CT molecular complexity index is 1140. The number of aromatic nitrogens is 3. The lowest BCUT2D eigenvalue weighted by atomic mass is 10.0. The molecule has 7 heteroatoms. The second-order valence-corrected chi connectivity index (χ2v) is 8.36. The van der Waals surface area contributed by atoms with Crippen LogP contribution in [0.2, 0.25) is 5.02 Å². The minimum atomic E-state index is -0.367. The predicted molar refractivity (Wildman–Crippen MR) is 115 cm³/mol. The number of pyridine rings is 1. The Labute approximate surface area is 174 Å². The monoisotopic (exact) mass is 414 g/mol. The zero-order valence-corrected chi connectivity index (χ0v) is 17.6. The second-order valence-electron chi connectivity index (χ2n) is 7.95. The summed E-state index contributed by atoms with van der Waals surface area (Å²) in [6.07, 6.45) is 6.26. The van der Waals surface area contributed by atoms with E-state index in [-0.39, 0.29) is 11.4 Å². The van der Waals surface area contributed by atoms with Gasteiger partial charge in [0.25, 0.3) is 5.56 Å². The van der Waals surface area contributed by atoms with Crippen LogP contribution in [0.1, 0.15) is 31.4 Å². The second kappa shape index (κ2) is 7.75. The molecule has 0 atom stereocenters. The number of halogens is 2. The average Bonchev–Trinajstić information content (AvgIpc) is 3.50. The molecule has 4 rings (SSSR count). The van der Waals surface area contributed by atoms with E-state index in [9.17, 15) is 9.18 Å². The van der Waals surface area contributed by atoms with E-state index in [1.807, 2.05) is 0 Å². The molecule has 1 aromatic carbocycles. The van der Waals surface area contributed by atoms with Crippen LogP contribution in [-0.4, -0.2) is 28.6 Å². The Balaban J connectivity index is 1.85. The number of benzene rings is 1. The summed E-state index contributed by atoms with van der Waals surface area (Å²) in [6.45, 7) is 2.31. The van der Waals surface area contributed by atoms with Gasteiger partial charge < -0.3 is 4.90 Å². The van der Waals surface area contributed by atoms with Crippen LogP contribution in [0.25, 0.3) is 22.3 Å². The third kappa shape index (κ3) is 3.86. The molecule has 0 bridgehead atoms. The molecule has 3 aromatic rings. The Morgan fingerprint density at radius 2 is 2.03 bits per heavy atom. The van der Waals surface area contributed by atoms with Crippen LogP contribution in [0, 0.1) is 18.7 Å². The van der Waals surface area contributed by atoms with Crippen molar-refractivity contribution in [3.05, 3.63) is 51.3 Å². The molecule has 1 aliphatic rings.